The van der Waals surface area contributed by atoms with Gasteiger partial charge in [0.1, 0.15) is 0 Å². The highest BCUT2D eigenvalue weighted by atomic mass is 32.1. The van der Waals surface area contributed by atoms with Crippen LogP contribution in [-0.4, -0.2) is 65.7 Å². The second kappa shape index (κ2) is 5.62. The summed E-state index contributed by atoms with van der Waals surface area (Å²) in [6.07, 6.45) is 1.00. The summed E-state index contributed by atoms with van der Waals surface area (Å²) in [5.41, 5.74) is 0. The number of hydrogen-bond acceptors (Lipinski definition) is 6. The number of likely N-dealkylation sites (N-methyl/N-ethyl adjacent to an activating group) is 1. The SMILES string of the molecule is CNc1nnc(C(=O)N2CCCN(C)CC2C)s1. The summed E-state index contributed by atoms with van der Waals surface area (Å²) >= 11 is 1.31. The Morgan fingerprint density at radius 2 is 2.22 bits per heavy atom. The molecule has 1 fully saturated rings. The molecule has 1 unspecified atom stereocenters. The fourth-order valence-electron chi connectivity index (χ4n) is 2.21. The molecule has 1 atom stereocenters. The van der Waals surface area contributed by atoms with Gasteiger partial charge in [-0.05, 0) is 26.9 Å². The second-order valence-corrected chi connectivity index (χ2v) is 5.60. The Hall–Kier alpha value is -1.21. The third-order valence-electron chi connectivity index (χ3n) is 3.13. The van der Waals surface area contributed by atoms with E-state index in [1.165, 1.54) is 11.3 Å². The highest BCUT2D eigenvalue weighted by Gasteiger charge is 2.27. The van der Waals surface area contributed by atoms with Crippen molar-refractivity contribution in [1.29, 1.82) is 0 Å². The highest BCUT2D eigenvalue weighted by molar-refractivity contribution is 7.17. The van der Waals surface area contributed by atoms with Gasteiger partial charge >= 0.3 is 0 Å². The second-order valence-electron chi connectivity index (χ2n) is 4.63. The van der Waals surface area contributed by atoms with Gasteiger partial charge in [-0.2, -0.15) is 0 Å². The zero-order valence-electron chi connectivity index (χ0n) is 11.0. The van der Waals surface area contributed by atoms with Crippen molar-refractivity contribution < 1.29 is 4.79 Å². The van der Waals surface area contributed by atoms with Gasteiger partial charge in [0.2, 0.25) is 10.1 Å². The van der Waals surface area contributed by atoms with Gasteiger partial charge in [-0.1, -0.05) is 11.3 Å². The number of hydrogen-bond donors (Lipinski definition) is 1. The van der Waals surface area contributed by atoms with Crippen molar-refractivity contribution in [3.8, 4) is 0 Å². The van der Waals surface area contributed by atoms with Crippen LogP contribution >= 0.6 is 11.3 Å². The van der Waals surface area contributed by atoms with E-state index in [1.807, 2.05) is 4.90 Å². The van der Waals surface area contributed by atoms with Crippen LogP contribution in [0.3, 0.4) is 0 Å². The molecule has 0 aliphatic carbocycles. The van der Waals surface area contributed by atoms with Crippen LogP contribution in [0.5, 0.6) is 0 Å². The Bertz CT molecular complexity index is 421. The Morgan fingerprint density at radius 3 is 2.89 bits per heavy atom. The molecule has 2 heterocycles. The summed E-state index contributed by atoms with van der Waals surface area (Å²) in [7, 11) is 3.87. The summed E-state index contributed by atoms with van der Waals surface area (Å²) in [5.74, 6) is -0.00296. The molecule has 1 aromatic heterocycles. The summed E-state index contributed by atoms with van der Waals surface area (Å²) in [6.45, 7) is 4.81. The molecule has 1 aliphatic rings. The molecule has 1 saturated heterocycles. The lowest BCUT2D eigenvalue weighted by Gasteiger charge is -2.26. The Balaban J connectivity index is 2.11. The van der Waals surface area contributed by atoms with Gasteiger partial charge in [-0.25, -0.2) is 0 Å². The number of nitrogens with one attached hydrogen (secondary N) is 1. The van der Waals surface area contributed by atoms with Crippen molar-refractivity contribution in [1.82, 2.24) is 20.0 Å². The van der Waals surface area contributed by atoms with E-state index in [4.69, 9.17) is 0 Å². The molecule has 1 aliphatic heterocycles. The molecule has 1 N–H and O–H groups in total. The van der Waals surface area contributed by atoms with Gasteiger partial charge in [0.15, 0.2) is 0 Å². The van der Waals surface area contributed by atoms with Gasteiger partial charge in [0, 0.05) is 26.2 Å². The van der Waals surface area contributed by atoms with Crippen molar-refractivity contribution in [2.45, 2.75) is 19.4 Å². The molecule has 100 valence electrons. The van der Waals surface area contributed by atoms with Crippen LogP contribution < -0.4 is 5.32 Å². The minimum Gasteiger partial charge on any atom is -0.363 e. The minimum atomic E-state index is -0.00296. The highest BCUT2D eigenvalue weighted by Crippen LogP contribution is 2.19. The molecule has 18 heavy (non-hydrogen) atoms. The molecule has 0 radical (unpaired) electrons. The van der Waals surface area contributed by atoms with Crippen LogP contribution in [0.4, 0.5) is 5.13 Å². The van der Waals surface area contributed by atoms with Gasteiger partial charge in [-0.15, -0.1) is 10.2 Å². The zero-order chi connectivity index (χ0) is 13.1. The first-order chi connectivity index (χ1) is 8.61. The van der Waals surface area contributed by atoms with Crippen molar-refractivity contribution in [2.75, 3.05) is 39.0 Å². The maximum absolute atomic E-state index is 12.4. The van der Waals surface area contributed by atoms with Crippen LogP contribution in [0.2, 0.25) is 0 Å². The summed E-state index contributed by atoms with van der Waals surface area (Å²) in [6, 6.07) is 0.215. The monoisotopic (exact) mass is 269 g/mol. The molecule has 1 aromatic rings. The number of anilines is 1. The summed E-state index contributed by atoms with van der Waals surface area (Å²) < 4.78 is 0. The Kier molecular flexibility index (Phi) is 4.13. The molecule has 0 saturated carbocycles. The molecule has 0 bridgehead atoms. The van der Waals surface area contributed by atoms with E-state index in [9.17, 15) is 4.79 Å². The Labute approximate surface area is 111 Å². The lowest BCUT2D eigenvalue weighted by molar-refractivity contribution is 0.0695. The normalized spacial score (nSPS) is 21.7. The third-order valence-corrected chi connectivity index (χ3v) is 4.06. The first-order valence-corrected chi connectivity index (χ1v) is 6.94. The third kappa shape index (κ3) is 2.78. The molecule has 6 nitrogen and oxygen atoms in total. The number of nitrogens with zero attached hydrogens (tertiary/aromatic N) is 4. The van der Waals surface area contributed by atoms with Crippen molar-refractivity contribution >= 4 is 22.4 Å². The molecule has 2 rings (SSSR count). The predicted octanol–water partition coefficient (Wildman–Crippen LogP) is 0.746. The smallest absolute Gasteiger partial charge is 0.285 e. The molecule has 0 spiro atoms. The van der Waals surface area contributed by atoms with E-state index < -0.39 is 0 Å². The van der Waals surface area contributed by atoms with E-state index >= 15 is 0 Å². The average molecular weight is 269 g/mol. The molecule has 7 heteroatoms. The lowest BCUT2D eigenvalue weighted by Crippen LogP contribution is -2.41. The number of carbonyl (C=O) groups excluding carboxylic acids is 1. The average Bonchev–Trinajstić information content (AvgIpc) is 2.75. The maximum Gasteiger partial charge on any atom is 0.285 e. The first-order valence-electron chi connectivity index (χ1n) is 6.12. The fraction of sp³-hybridized carbons (Fsp3) is 0.727. The number of amides is 1. The van der Waals surface area contributed by atoms with Crippen molar-refractivity contribution in [2.24, 2.45) is 0 Å². The van der Waals surface area contributed by atoms with Crippen molar-refractivity contribution in [3.63, 3.8) is 0 Å². The van der Waals surface area contributed by atoms with Crippen molar-refractivity contribution in [3.05, 3.63) is 5.01 Å². The maximum atomic E-state index is 12.4. The molecular formula is C11H19N5OS. The Morgan fingerprint density at radius 1 is 1.44 bits per heavy atom. The van der Waals surface area contributed by atoms with E-state index in [0.29, 0.717) is 10.1 Å². The summed E-state index contributed by atoms with van der Waals surface area (Å²) in [4.78, 5) is 16.6. The van der Waals surface area contributed by atoms with Crippen LogP contribution in [0.25, 0.3) is 0 Å². The van der Waals surface area contributed by atoms with Crippen LogP contribution in [0.15, 0.2) is 0 Å². The van der Waals surface area contributed by atoms with Gasteiger partial charge < -0.3 is 15.1 Å². The van der Waals surface area contributed by atoms with Crippen LogP contribution in [0.1, 0.15) is 23.1 Å². The quantitative estimate of drug-likeness (QED) is 0.858. The van der Waals surface area contributed by atoms with E-state index in [2.05, 4.69) is 34.4 Å². The van der Waals surface area contributed by atoms with Gasteiger partial charge in [0.05, 0.1) is 0 Å². The van der Waals surface area contributed by atoms with Gasteiger partial charge in [0.25, 0.3) is 5.91 Å². The van der Waals surface area contributed by atoms with Crippen LogP contribution in [0, 0.1) is 0 Å². The lowest BCUT2D eigenvalue weighted by atomic mass is 10.2. The molecular weight excluding hydrogens is 250 g/mol. The number of rotatable bonds is 2. The largest absolute Gasteiger partial charge is 0.363 e. The van der Waals surface area contributed by atoms with E-state index in [1.54, 1.807) is 7.05 Å². The van der Waals surface area contributed by atoms with Crippen LogP contribution in [-0.2, 0) is 0 Å². The minimum absolute atomic E-state index is 0.00296. The van der Waals surface area contributed by atoms with E-state index in [-0.39, 0.29) is 11.9 Å². The predicted molar refractivity (Wildman–Crippen MR) is 72.1 cm³/mol. The molecule has 0 aromatic carbocycles. The molecule has 1 amide bonds. The fourth-order valence-corrected chi connectivity index (χ4v) is 2.86. The number of carbonyl (C=O) groups is 1. The number of aromatic nitrogens is 2. The van der Waals surface area contributed by atoms with E-state index in [0.717, 1.165) is 26.1 Å². The standard InChI is InChI=1S/C11H19N5OS/c1-8-7-15(3)5-4-6-16(8)10(17)9-13-14-11(12-2)18-9/h8H,4-7H2,1-3H3,(H,12,14). The summed E-state index contributed by atoms with van der Waals surface area (Å²) in [5, 5.41) is 11.9. The van der Waals surface area contributed by atoms with Gasteiger partial charge in [-0.3, -0.25) is 4.79 Å². The first kappa shape index (κ1) is 13.2. The zero-order valence-corrected chi connectivity index (χ0v) is 11.8. The topological polar surface area (TPSA) is 61.4 Å².